The van der Waals surface area contributed by atoms with Gasteiger partial charge in [-0.2, -0.15) is 0 Å². The highest BCUT2D eigenvalue weighted by atomic mass is 16.5. The maximum absolute atomic E-state index is 11.6. The molecule has 0 fully saturated rings. The lowest BCUT2D eigenvalue weighted by atomic mass is 10.2. The van der Waals surface area contributed by atoms with Gasteiger partial charge in [-0.15, -0.1) is 0 Å². The second-order valence-electron chi connectivity index (χ2n) is 3.85. The summed E-state index contributed by atoms with van der Waals surface area (Å²) in [5.74, 6) is 0.0962. The number of carbonyl (C=O) groups excluding carboxylic acids is 1. The molecule has 1 aromatic heterocycles. The monoisotopic (exact) mass is 261 g/mol. The van der Waals surface area contributed by atoms with Crippen LogP contribution in [0.3, 0.4) is 0 Å². The van der Waals surface area contributed by atoms with E-state index in [1.165, 1.54) is 7.11 Å². The fourth-order valence-corrected chi connectivity index (χ4v) is 1.89. The van der Waals surface area contributed by atoms with E-state index >= 15 is 0 Å². The number of methoxy groups -OCH3 is 1. The first kappa shape index (κ1) is 13.0. The molecule has 0 saturated carbocycles. The molecule has 0 radical (unpaired) electrons. The Kier molecular flexibility index (Phi) is 3.75. The number of aromatic nitrogens is 1. The number of rotatable bonds is 4. The number of hydrogen-bond donors (Lipinski definition) is 1. The molecule has 0 bridgehead atoms. The summed E-state index contributed by atoms with van der Waals surface area (Å²) in [7, 11) is 1.27. The molecular weight excluding hydrogens is 246 g/mol. The number of carbonyl (C=O) groups is 1. The molecule has 2 rings (SSSR count). The number of ether oxygens (including phenoxy) is 2. The van der Waals surface area contributed by atoms with Crippen molar-refractivity contribution in [2.24, 2.45) is 0 Å². The van der Waals surface area contributed by atoms with Crippen LogP contribution in [0.15, 0.2) is 36.7 Å². The summed E-state index contributed by atoms with van der Waals surface area (Å²) in [6.45, 7) is 2.46. The van der Waals surface area contributed by atoms with Gasteiger partial charge in [-0.25, -0.2) is 4.79 Å². The molecule has 0 unspecified atom stereocenters. The van der Waals surface area contributed by atoms with Crippen molar-refractivity contribution in [2.45, 2.75) is 6.92 Å². The first-order valence-corrected chi connectivity index (χ1v) is 5.88. The van der Waals surface area contributed by atoms with E-state index in [2.05, 4.69) is 4.74 Å². The Balaban J connectivity index is 2.54. The van der Waals surface area contributed by atoms with Crippen molar-refractivity contribution in [2.75, 3.05) is 13.7 Å². The minimum absolute atomic E-state index is 0.0474. The van der Waals surface area contributed by atoms with Crippen molar-refractivity contribution >= 4 is 22.6 Å². The lowest BCUT2D eigenvalue weighted by Gasteiger charge is -2.08. The van der Waals surface area contributed by atoms with E-state index in [0.717, 1.165) is 17.2 Å². The van der Waals surface area contributed by atoms with Crippen molar-refractivity contribution < 1.29 is 19.4 Å². The zero-order chi connectivity index (χ0) is 13.8. The average molecular weight is 261 g/mol. The molecule has 5 heteroatoms. The van der Waals surface area contributed by atoms with Gasteiger partial charge in [0.15, 0.2) is 5.70 Å². The van der Waals surface area contributed by atoms with E-state index < -0.39 is 5.97 Å². The predicted molar refractivity (Wildman–Crippen MR) is 72.0 cm³/mol. The number of aliphatic hydroxyl groups is 1. The summed E-state index contributed by atoms with van der Waals surface area (Å²) in [5.41, 5.74) is 0.808. The number of fused-ring (bicyclic) bond motifs is 1. The minimum Gasteiger partial charge on any atom is -0.513 e. The van der Waals surface area contributed by atoms with E-state index in [1.807, 2.05) is 31.2 Å². The Morgan fingerprint density at radius 3 is 2.84 bits per heavy atom. The molecule has 0 amide bonds. The van der Waals surface area contributed by atoms with Gasteiger partial charge in [0.2, 0.25) is 0 Å². The lowest BCUT2D eigenvalue weighted by molar-refractivity contribution is -0.134. The number of esters is 1. The van der Waals surface area contributed by atoms with Gasteiger partial charge >= 0.3 is 5.97 Å². The third-order valence-electron chi connectivity index (χ3n) is 2.75. The maximum Gasteiger partial charge on any atom is 0.358 e. The third kappa shape index (κ3) is 2.40. The van der Waals surface area contributed by atoms with Crippen LogP contribution in [0, 0.1) is 0 Å². The van der Waals surface area contributed by atoms with E-state index in [0.29, 0.717) is 12.4 Å². The molecule has 0 saturated heterocycles. The molecular formula is C14H15NO4. The first-order valence-electron chi connectivity index (χ1n) is 5.88. The van der Waals surface area contributed by atoms with Gasteiger partial charge in [-0.1, -0.05) is 0 Å². The van der Waals surface area contributed by atoms with Crippen LogP contribution < -0.4 is 4.74 Å². The molecule has 1 N–H and O–H groups in total. The topological polar surface area (TPSA) is 60.7 Å². The largest absolute Gasteiger partial charge is 0.513 e. The van der Waals surface area contributed by atoms with Crippen LogP contribution in [-0.4, -0.2) is 29.4 Å². The number of benzene rings is 1. The van der Waals surface area contributed by atoms with E-state index in [-0.39, 0.29) is 5.70 Å². The van der Waals surface area contributed by atoms with Crippen molar-refractivity contribution in [1.82, 2.24) is 4.57 Å². The van der Waals surface area contributed by atoms with Gasteiger partial charge < -0.3 is 19.1 Å². The van der Waals surface area contributed by atoms with Crippen molar-refractivity contribution in [3.63, 3.8) is 0 Å². The number of aliphatic hydroxyl groups excluding tert-OH is 1. The molecule has 2 aromatic rings. The van der Waals surface area contributed by atoms with Crippen molar-refractivity contribution in [1.29, 1.82) is 0 Å². The summed E-state index contributed by atoms with van der Waals surface area (Å²) >= 11 is 0. The van der Waals surface area contributed by atoms with Gasteiger partial charge in [-0.05, 0) is 25.1 Å². The van der Waals surface area contributed by atoms with Crippen LogP contribution >= 0.6 is 0 Å². The van der Waals surface area contributed by atoms with Crippen LogP contribution in [0.4, 0.5) is 0 Å². The van der Waals surface area contributed by atoms with E-state index in [4.69, 9.17) is 4.74 Å². The molecule has 0 atom stereocenters. The lowest BCUT2D eigenvalue weighted by Crippen LogP contribution is -2.09. The molecule has 0 aliphatic heterocycles. The quantitative estimate of drug-likeness (QED) is 0.522. The SMILES string of the molecule is CCOc1ccc2ccn(/C(=C\O)C(=O)OC)c2c1. The van der Waals surface area contributed by atoms with Gasteiger partial charge in [0, 0.05) is 17.6 Å². The zero-order valence-electron chi connectivity index (χ0n) is 10.8. The van der Waals surface area contributed by atoms with E-state index in [9.17, 15) is 9.90 Å². The smallest absolute Gasteiger partial charge is 0.358 e. The summed E-state index contributed by atoms with van der Waals surface area (Å²) in [4.78, 5) is 11.6. The fraction of sp³-hybridized carbons (Fsp3) is 0.214. The van der Waals surface area contributed by atoms with Gasteiger partial charge in [0.05, 0.1) is 19.2 Å². The molecule has 0 aliphatic rings. The average Bonchev–Trinajstić information content (AvgIpc) is 2.83. The molecule has 0 spiro atoms. The Hall–Kier alpha value is -2.43. The summed E-state index contributed by atoms with van der Waals surface area (Å²) in [5, 5.41) is 10.2. The number of nitrogens with zero attached hydrogens (tertiary/aromatic N) is 1. The minimum atomic E-state index is -0.609. The van der Waals surface area contributed by atoms with Crippen molar-refractivity contribution in [3.05, 3.63) is 36.7 Å². The van der Waals surface area contributed by atoms with E-state index in [1.54, 1.807) is 10.8 Å². The molecule has 100 valence electrons. The van der Waals surface area contributed by atoms with Gasteiger partial charge in [-0.3, -0.25) is 0 Å². The zero-order valence-corrected chi connectivity index (χ0v) is 10.8. The Labute approximate surface area is 110 Å². The second kappa shape index (κ2) is 5.48. The first-order chi connectivity index (χ1) is 9.21. The molecule has 1 heterocycles. The molecule has 5 nitrogen and oxygen atoms in total. The summed E-state index contributed by atoms with van der Waals surface area (Å²) < 4.78 is 11.6. The Morgan fingerprint density at radius 2 is 2.21 bits per heavy atom. The highest BCUT2D eigenvalue weighted by molar-refractivity contribution is 6.11. The number of hydrogen-bond acceptors (Lipinski definition) is 4. The maximum atomic E-state index is 11.6. The normalized spacial score (nSPS) is 11.6. The Bertz CT molecular complexity index is 627. The van der Waals surface area contributed by atoms with Crippen molar-refractivity contribution in [3.8, 4) is 5.75 Å². The van der Waals surface area contributed by atoms with Crippen LogP contribution in [0.5, 0.6) is 5.75 Å². The predicted octanol–water partition coefficient (Wildman–Crippen LogP) is 2.57. The summed E-state index contributed by atoms with van der Waals surface area (Å²) in [6.07, 6.45) is 2.43. The highest BCUT2D eigenvalue weighted by Gasteiger charge is 2.15. The fourth-order valence-electron chi connectivity index (χ4n) is 1.89. The highest BCUT2D eigenvalue weighted by Crippen LogP contribution is 2.25. The third-order valence-corrected chi connectivity index (χ3v) is 2.75. The van der Waals surface area contributed by atoms with Crippen LogP contribution in [0.2, 0.25) is 0 Å². The standard InChI is InChI=1S/C14H15NO4/c1-3-19-11-5-4-10-6-7-15(12(10)8-11)13(9-16)14(17)18-2/h4-9,16H,3H2,1-2H3/b13-9-. The summed E-state index contributed by atoms with van der Waals surface area (Å²) in [6, 6.07) is 7.41. The van der Waals surface area contributed by atoms with Gasteiger partial charge in [0.25, 0.3) is 0 Å². The molecule has 1 aromatic carbocycles. The van der Waals surface area contributed by atoms with Gasteiger partial charge in [0.1, 0.15) is 12.0 Å². The molecule has 19 heavy (non-hydrogen) atoms. The van der Waals surface area contributed by atoms with Crippen LogP contribution in [0.25, 0.3) is 16.6 Å². The molecule has 0 aliphatic carbocycles. The van der Waals surface area contributed by atoms with Crippen LogP contribution in [-0.2, 0) is 9.53 Å². The Morgan fingerprint density at radius 1 is 1.42 bits per heavy atom. The van der Waals surface area contributed by atoms with Crippen LogP contribution in [0.1, 0.15) is 6.92 Å². The second-order valence-corrected chi connectivity index (χ2v) is 3.85.